The number of nitrogens with zero attached hydrogens (tertiary/aromatic N) is 3. The number of alkyl halides is 3. The number of hydrogen-bond donors (Lipinski definition) is 0. The van der Waals surface area contributed by atoms with Crippen molar-refractivity contribution < 1.29 is 13.2 Å². The fourth-order valence-corrected chi connectivity index (χ4v) is 1.78. The second-order valence-corrected chi connectivity index (χ2v) is 4.54. The van der Waals surface area contributed by atoms with E-state index in [1.54, 1.807) is 17.3 Å². The maximum Gasteiger partial charge on any atom is 0.412 e. The summed E-state index contributed by atoms with van der Waals surface area (Å²) in [4.78, 5) is 9.80. The van der Waals surface area contributed by atoms with E-state index in [1.807, 2.05) is 0 Å². The van der Waals surface area contributed by atoms with Crippen LogP contribution < -0.4 is 4.90 Å². The molecule has 1 aliphatic rings. The van der Waals surface area contributed by atoms with Crippen LogP contribution in [0.3, 0.4) is 0 Å². The molecule has 0 bridgehead atoms. The van der Waals surface area contributed by atoms with Crippen LogP contribution >= 0.6 is 15.9 Å². The fraction of sp³-hybridized carbons (Fsp3) is 0.400. The van der Waals surface area contributed by atoms with Crippen LogP contribution in [0.25, 0.3) is 0 Å². The van der Waals surface area contributed by atoms with Gasteiger partial charge in [-0.1, -0.05) is 6.08 Å². The SMILES string of the molecule is FC(F)(F)C1=CCN(c2ncc(Br)cn2)CC1. The van der Waals surface area contributed by atoms with E-state index in [2.05, 4.69) is 25.9 Å². The van der Waals surface area contributed by atoms with E-state index < -0.39 is 11.7 Å². The first-order valence-electron chi connectivity index (χ1n) is 4.95. The summed E-state index contributed by atoms with van der Waals surface area (Å²) in [6.45, 7) is 0.476. The largest absolute Gasteiger partial charge is 0.412 e. The lowest BCUT2D eigenvalue weighted by molar-refractivity contribution is -0.0944. The van der Waals surface area contributed by atoms with Gasteiger partial charge in [0.15, 0.2) is 0 Å². The molecule has 3 nitrogen and oxygen atoms in total. The van der Waals surface area contributed by atoms with Gasteiger partial charge in [0.25, 0.3) is 0 Å². The number of aromatic nitrogens is 2. The van der Waals surface area contributed by atoms with Crippen LogP contribution in [0.5, 0.6) is 0 Å². The Morgan fingerprint density at radius 1 is 1.24 bits per heavy atom. The van der Waals surface area contributed by atoms with Crippen molar-refractivity contribution in [2.24, 2.45) is 0 Å². The van der Waals surface area contributed by atoms with Crippen LogP contribution in [-0.4, -0.2) is 29.2 Å². The average molecular weight is 308 g/mol. The molecule has 92 valence electrons. The highest BCUT2D eigenvalue weighted by atomic mass is 79.9. The van der Waals surface area contributed by atoms with E-state index in [0.717, 1.165) is 4.47 Å². The first kappa shape index (κ1) is 12.3. The predicted molar refractivity (Wildman–Crippen MR) is 60.7 cm³/mol. The monoisotopic (exact) mass is 307 g/mol. The summed E-state index contributed by atoms with van der Waals surface area (Å²) >= 11 is 3.20. The molecular formula is C10H9BrF3N3. The van der Waals surface area contributed by atoms with Crippen LogP contribution in [0.15, 0.2) is 28.5 Å². The van der Waals surface area contributed by atoms with Gasteiger partial charge in [-0.2, -0.15) is 13.2 Å². The Morgan fingerprint density at radius 3 is 2.35 bits per heavy atom. The minimum Gasteiger partial charge on any atom is -0.337 e. The molecule has 0 radical (unpaired) electrons. The Hall–Kier alpha value is -1.11. The summed E-state index contributed by atoms with van der Waals surface area (Å²) in [5, 5.41) is 0. The quantitative estimate of drug-likeness (QED) is 0.747. The highest BCUT2D eigenvalue weighted by Gasteiger charge is 2.35. The molecule has 0 unspecified atom stereocenters. The summed E-state index contributed by atoms with van der Waals surface area (Å²) in [6, 6.07) is 0. The van der Waals surface area contributed by atoms with E-state index in [4.69, 9.17) is 0 Å². The van der Waals surface area contributed by atoms with E-state index >= 15 is 0 Å². The van der Waals surface area contributed by atoms with Gasteiger partial charge < -0.3 is 4.90 Å². The molecule has 2 heterocycles. The van der Waals surface area contributed by atoms with Gasteiger partial charge in [-0.3, -0.25) is 0 Å². The molecule has 0 saturated heterocycles. The molecular weight excluding hydrogens is 299 g/mol. The van der Waals surface area contributed by atoms with Crippen molar-refractivity contribution in [1.82, 2.24) is 9.97 Å². The van der Waals surface area contributed by atoms with Gasteiger partial charge in [0.1, 0.15) is 0 Å². The summed E-state index contributed by atoms with van der Waals surface area (Å²) in [5.41, 5.74) is -0.467. The summed E-state index contributed by atoms with van der Waals surface area (Å²) in [5.74, 6) is 0.450. The number of halogens is 4. The molecule has 0 fully saturated rings. The molecule has 0 spiro atoms. The van der Waals surface area contributed by atoms with Gasteiger partial charge in [0.05, 0.1) is 4.47 Å². The minimum atomic E-state index is -4.22. The third kappa shape index (κ3) is 2.96. The molecule has 1 aromatic rings. The molecule has 7 heteroatoms. The van der Waals surface area contributed by atoms with Crippen LogP contribution in [-0.2, 0) is 0 Å². The zero-order chi connectivity index (χ0) is 12.5. The molecule has 0 amide bonds. The average Bonchev–Trinajstić information content (AvgIpc) is 2.29. The lowest BCUT2D eigenvalue weighted by Gasteiger charge is -2.27. The second-order valence-electron chi connectivity index (χ2n) is 3.62. The number of anilines is 1. The molecule has 0 saturated carbocycles. The van der Waals surface area contributed by atoms with E-state index in [0.29, 0.717) is 5.95 Å². The van der Waals surface area contributed by atoms with Gasteiger partial charge >= 0.3 is 6.18 Å². The maximum atomic E-state index is 12.4. The summed E-state index contributed by atoms with van der Waals surface area (Å²) < 4.78 is 37.9. The minimum absolute atomic E-state index is 0.0249. The Bertz CT molecular complexity index is 427. The van der Waals surface area contributed by atoms with Crippen molar-refractivity contribution in [2.45, 2.75) is 12.6 Å². The van der Waals surface area contributed by atoms with Gasteiger partial charge in [-0.25, -0.2) is 9.97 Å². The second kappa shape index (κ2) is 4.64. The molecule has 1 aliphatic heterocycles. The van der Waals surface area contributed by atoms with Gasteiger partial charge in [-0.05, 0) is 22.4 Å². The van der Waals surface area contributed by atoms with Crippen molar-refractivity contribution >= 4 is 21.9 Å². The predicted octanol–water partition coefficient (Wildman–Crippen LogP) is 2.94. The van der Waals surface area contributed by atoms with Crippen LogP contribution in [0.4, 0.5) is 19.1 Å². The van der Waals surface area contributed by atoms with Gasteiger partial charge in [-0.15, -0.1) is 0 Å². The van der Waals surface area contributed by atoms with Crippen molar-refractivity contribution in [3.63, 3.8) is 0 Å². The van der Waals surface area contributed by atoms with E-state index in [1.165, 1.54) is 6.08 Å². The first-order chi connectivity index (χ1) is 7.97. The van der Waals surface area contributed by atoms with Gasteiger partial charge in [0.2, 0.25) is 5.95 Å². The third-order valence-electron chi connectivity index (χ3n) is 2.46. The molecule has 0 aliphatic carbocycles. The standard InChI is InChI=1S/C10H9BrF3N3/c11-8-5-15-9(16-6-8)17-3-1-7(2-4-17)10(12,13)14/h1,5-6H,2-4H2. The zero-order valence-corrected chi connectivity index (χ0v) is 10.3. The Morgan fingerprint density at radius 2 is 1.88 bits per heavy atom. The first-order valence-corrected chi connectivity index (χ1v) is 5.75. The summed E-state index contributed by atoms with van der Waals surface area (Å²) in [6.07, 6.45) is 0.0984. The lowest BCUT2D eigenvalue weighted by atomic mass is 10.1. The Labute approximate surface area is 104 Å². The van der Waals surface area contributed by atoms with Crippen molar-refractivity contribution in [3.05, 3.63) is 28.5 Å². The van der Waals surface area contributed by atoms with Crippen LogP contribution in [0.2, 0.25) is 0 Å². The van der Waals surface area contributed by atoms with Crippen LogP contribution in [0, 0.1) is 0 Å². The van der Waals surface area contributed by atoms with Crippen molar-refractivity contribution in [2.75, 3.05) is 18.0 Å². The normalized spacial score (nSPS) is 16.9. The lowest BCUT2D eigenvalue weighted by Crippen LogP contribution is -2.33. The topological polar surface area (TPSA) is 29.0 Å². The molecule has 2 rings (SSSR count). The fourth-order valence-electron chi connectivity index (χ4n) is 1.58. The molecule has 17 heavy (non-hydrogen) atoms. The Balaban J connectivity index is 2.09. The number of rotatable bonds is 1. The highest BCUT2D eigenvalue weighted by Crippen LogP contribution is 2.30. The summed E-state index contributed by atoms with van der Waals surface area (Å²) in [7, 11) is 0. The van der Waals surface area contributed by atoms with E-state index in [-0.39, 0.29) is 19.5 Å². The molecule has 0 atom stereocenters. The maximum absolute atomic E-state index is 12.4. The molecule has 0 aromatic carbocycles. The van der Waals surface area contributed by atoms with E-state index in [9.17, 15) is 13.2 Å². The van der Waals surface area contributed by atoms with Crippen molar-refractivity contribution in [1.29, 1.82) is 0 Å². The zero-order valence-electron chi connectivity index (χ0n) is 8.71. The van der Waals surface area contributed by atoms with Gasteiger partial charge in [0, 0.05) is 31.1 Å². The molecule has 0 N–H and O–H groups in total. The third-order valence-corrected chi connectivity index (χ3v) is 2.87. The smallest absolute Gasteiger partial charge is 0.337 e. The van der Waals surface area contributed by atoms with Crippen LogP contribution in [0.1, 0.15) is 6.42 Å². The van der Waals surface area contributed by atoms with Crippen molar-refractivity contribution in [3.8, 4) is 0 Å². The Kier molecular flexibility index (Phi) is 3.37. The number of hydrogen-bond acceptors (Lipinski definition) is 3. The highest BCUT2D eigenvalue weighted by molar-refractivity contribution is 9.10. The molecule has 1 aromatic heterocycles.